The number of nitrogens with one attached hydrogen (secondary N) is 1. The molecule has 1 N–H and O–H groups in total. The Kier molecular flexibility index (Phi) is 2.62. The average molecular weight is 219 g/mol. The molecule has 0 saturated heterocycles. The van der Waals surface area contributed by atoms with Gasteiger partial charge < -0.3 is 9.88 Å². The highest BCUT2D eigenvalue weighted by Crippen LogP contribution is 2.32. The van der Waals surface area contributed by atoms with Crippen LogP contribution in [-0.2, 0) is 0 Å². The van der Waals surface area contributed by atoms with E-state index in [-0.39, 0.29) is 0 Å². The maximum Gasteiger partial charge on any atom is 0.203 e. The molecule has 0 bridgehead atoms. The summed E-state index contributed by atoms with van der Waals surface area (Å²) in [7, 11) is 0. The van der Waals surface area contributed by atoms with E-state index >= 15 is 0 Å². The molecule has 3 heteroatoms. The topological polar surface area (TPSA) is 29.9 Å². The zero-order chi connectivity index (χ0) is 11.0. The number of imidazole rings is 1. The Bertz CT molecular complexity index is 359. The first-order valence-corrected chi connectivity index (χ1v) is 6.65. The van der Waals surface area contributed by atoms with Crippen molar-refractivity contribution < 1.29 is 0 Å². The van der Waals surface area contributed by atoms with Crippen LogP contribution >= 0.6 is 0 Å². The first kappa shape index (κ1) is 10.2. The van der Waals surface area contributed by atoms with E-state index < -0.39 is 0 Å². The van der Waals surface area contributed by atoms with Gasteiger partial charge in [-0.05, 0) is 32.6 Å². The van der Waals surface area contributed by atoms with E-state index in [9.17, 15) is 0 Å². The maximum atomic E-state index is 4.62. The number of hydrogen-bond donors (Lipinski definition) is 1. The number of anilines is 1. The van der Waals surface area contributed by atoms with Gasteiger partial charge in [-0.3, -0.25) is 0 Å². The fourth-order valence-electron chi connectivity index (χ4n) is 2.67. The standard InChI is InChI=1S/C13H21N3/c1-10-9-16(12-5-3-2-4-6-12)13(14-10)15-11-7-8-11/h9,11-12H,2-8H2,1H3,(H,14,15). The molecule has 0 atom stereocenters. The van der Waals surface area contributed by atoms with Gasteiger partial charge in [-0.25, -0.2) is 4.98 Å². The summed E-state index contributed by atoms with van der Waals surface area (Å²) in [5.74, 6) is 1.12. The molecule has 16 heavy (non-hydrogen) atoms. The SMILES string of the molecule is Cc1cn(C2CCCCC2)c(NC2CC2)n1. The van der Waals surface area contributed by atoms with Gasteiger partial charge in [0.25, 0.3) is 0 Å². The van der Waals surface area contributed by atoms with Gasteiger partial charge in [-0.1, -0.05) is 19.3 Å². The third kappa shape index (κ3) is 2.08. The summed E-state index contributed by atoms with van der Waals surface area (Å²) in [5.41, 5.74) is 1.15. The van der Waals surface area contributed by atoms with E-state index in [2.05, 4.69) is 28.0 Å². The van der Waals surface area contributed by atoms with Gasteiger partial charge in [-0.15, -0.1) is 0 Å². The molecule has 0 aliphatic heterocycles. The molecule has 2 fully saturated rings. The summed E-state index contributed by atoms with van der Waals surface area (Å²) >= 11 is 0. The summed E-state index contributed by atoms with van der Waals surface area (Å²) in [4.78, 5) is 4.62. The highest BCUT2D eigenvalue weighted by molar-refractivity contribution is 5.32. The minimum atomic E-state index is 0.691. The van der Waals surface area contributed by atoms with Crippen LogP contribution in [0.15, 0.2) is 6.20 Å². The van der Waals surface area contributed by atoms with E-state index in [0.29, 0.717) is 12.1 Å². The minimum absolute atomic E-state index is 0.691. The highest BCUT2D eigenvalue weighted by Gasteiger charge is 2.25. The highest BCUT2D eigenvalue weighted by atomic mass is 15.2. The number of nitrogens with zero attached hydrogens (tertiary/aromatic N) is 2. The van der Waals surface area contributed by atoms with Gasteiger partial charge in [0.15, 0.2) is 0 Å². The molecule has 3 nitrogen and oxygen atoms in total. The van der Waals surface area contributed by atoms with E-state index in [0.717, 1.165) is 11.6 Å². The van der Waals surface area contributed by atoms with Crippen LogP contribution in [0.5, 0.6) is 0 Å². The Balaban J connectivity index is 1.79. The number of aromatic nitrogens is 2. The fourth-order valence-corrected chi connectivity index (χ4v) is 2.67. The Morgan fingerprint density at radius 3 is 2.62 bits per heavy atom. The monoisotopic (exact) mass is 219 g/mol. The van der Waals surface area contributed by atoms with Crippen molar-refractivity contribution in [1.82, 2.24) is 9.55 Å². The van der Waals surface area contributed by atoms with Crippen LogP contribution in [-0.4, -0.2) is 15.6 Å². The smallest absolute Gasteiger partial charge is 0.203 e. The molecule has 0 spiro atoms. The number of hydrogen-bond acceptors (Lipinski definition) is 2. The average Bonchev–Trinajstić information content (AvgIpc) is 3.03. The summed E-state index contributed by atoms with van der Waals surface area (Å²) in [6, 6.07) is 1.39. The van der Waals surface area contributed by atoms with Gasteiger partial charge in [0.05, 0.1) is 5.69 Å². The van der Waals surface area contributed by atoms with Crippen LogP contribution in [0.3, 0.4) is 0 Å². The lowest BCUT2D eigenvalue weighted by Gasteiger charge is -2.24. The van der Waals surface area contributed by atoms with Crippen molar-refractivity contribution in [2.75, 3.05) is 5.32 Å². The van der Waals surface area contributed by atoms with Crippen LogP contribution in [0.2, 0.25) is 0 Å². The summed E-state index contributed by atoms with van der Waals surface area (Å²) in [6.45, 7) is 2.09. The quantitative estimate of drug-likeness (QED) is 0.845. The lowest BCUT2D eigenvalue weighted by molar-refractivity contribution is 0.355. The minimum Gasteiger partial charge on any atom is -0.353 e. The van der Waals surface area contributed by atoms with E-state index in [4.69, 9.17) is 0 Å². The molecule has 0 unspecified atom stereocenters. The first-order valence-electron chi connectivity index (χ1n) is 6.65. The first-order chi connectivity index (χ1) is 7.83. The molecule has 1 heterocycles. The molecule has 1 aromatic heterocycles. The zero-order valence-corrected chi connectivity index (χ0v) is 10.1. The third-order valence-corrected chi connectivity index (χ3v) is 3.73. The van der Waals surface area contributed by atoms with Crippen molar-refractivity contribution in [3.05, 3.63) is 11.9 Å². The molecule has 3 rings (SSSR count). The number of rotatable bonds is 3. The van der Waals surface area contributed by atoms with E-state index in [1.54, 1.807) is 0 Å². The zero-order valence-electron chi connectivity index (χ0n) is 10.1. The van der Waals surface area contributed by atoms with Gasteiger partial charge >= 0.3 is 0 Å². The van der Waals surface area contributed by atoms with E-state index in [1.165, 1.54) is 44.9 Å². The normalized spacial score (nSPS) is 22.3. The molecular formula is C13H21N3. The van der Waals surface area contributed by atoms with Crippen LogP contribution in [0.4, 0.5) is 5.95 Å². The summed E-state index contributed by atoms with van der Waals surface area (Å²) in [5, 5.41) is 3.55. The Morgan fingerprint density at radius 2 is 1.94 bits per heavy atom. The predicted octanol–water partition coefficient (Wildman–Crippen LogP) is 3.27. The molecule has 0 aromatic carbocycles. The van der Waals surface area contributed by atoms with Crippen molar-refractivity contribution in [2.24, 2.45) is 0 Å². The van der Waals surface area contributed by atoms with Crippen LogP contribution in [0.1, 0.15) is 56.7 Å². The molecule has 1 aromatic rings. The lowest BCUT2D eigenvalue weighted by atomic mass is 9.95. The van der Waals surface area contributed by atoms with Gasteiger partial charge in [0.2, 0.25) is 5.95 Å². The molecular weight excluding hydrogens is 198 g/mol. The lowest BCUT2D eigenvalue weighted by Crippen LogP contribution is -2.16. The van der Waals surface area contributed by atoms with Crippen LogP contribution in [0, 0.1) is 6.92 Å². The molecule has 2 aliphatic rings. The second kappa shape index (κ2) is 4.11. The van der Waals surface area contributed by atoms with Crippen LogP contribution < -0.4 is 5.32 Å². The molecule has 2 aliphatic carbocycles. The summed E-state index contributed by atoms with van der Waals surface area (Å²) < 4.78 is 2.40. The van der Waals surface area contributed by atoms with Crippen molar-refractivity contribution in [3.63, 3.8) is 0 Å². The molecule has 0 radical (unpaired) electrons. The van der Waals surface area contributed by atoms with E-state index in [1.807, 2.05) is 0 Å². The predicted molar refractivity (Wildman–Crippen MR) is 65.7 cm³/mol. The van der Waals surface area contributed by atoms with Gasteiger partial charge in [0, 0.05) is 18.3 Å². The maximum absolute atomic E-state index is 4.62. The number of aryl methyl sites for hydroxylation is 1. The second-order valence-corrected chi connectivity index (χ2v) is 5.32. The third-order valence-electron chi connectivity index (χ3n) is 3.73. The second-order valence-electron chi connectivity index (χ2n) is 5.32. The molecule has 0 amide bonds. The van der Waals surface area contributed by atoms with Crippen molar-refractivity contribution >= 4 is 5.95 Å². The molecule has 2 saturated carbocycles. The van der Waals surface area contributed by atoms with Crippen molar-refractivity contribution in [3.8, 4) is 0 Å². The van der Waals surface area contributed by atoms with Crippen LogP contribution in [0.25, 0.3) is 0 Å². The van der Waals surface area contributed by atoms with Gasteiger partial charge in [0.1, 0.15) is 0 Å². The Hall–Kier alpha value is -0.990. The Morgan fingerprint density at radius 1 is 1.19 bits per heavy atom. The van der Waals surface area contributed by atoms with Crippen molar-refractivity contribution in [2.45, 2.75) is 64.0 Å². The van der Waals surface area contributed by atoms with Crippen molar-refractivity contribution in [1.29, 1.82) is 0 Å². The summed E-state index contributed by atoms with van der Waals surface area (Å²) in [6.07, 6.45) is 11.7. The Labute approximate surface area is 97.3 Å². The molecule has 88 valence electrons. The largest absolute Gasteiger partial charge is 0.353 e. The fraction of sp³-hybridized carbons (Fsp3) is 0.769. The van der Waals surface area contributed by atoms with Gasteiger partial charge in [-0.2, -0.15) is 0 Å².